The molecule has 22 heavy (non-hydrogen) atoms. The molecule has 2 unspecified atom stereocenters. The number of hydrogen-bond acceptors (Lipinski definition) is 3. The Kier molecular flexibility index (Phi) is 4.46. The average Bonchev–Trinajstić information content (AvgIpc) is 2.80. The van der Waals surface area contributed by atoms with Crippen LogP contribution in [-0.2, 0) is 9.53 Å². The average molecular weight is 310 g/mol. The highest BCUT2D eigenvalue weighted by Gasteiger charge is 2.56. The zero-order valence-corrected chi connectivity index (χ0v) is 14.7. The Hall–Kier alpha value is -1.26. The number of fused-ring (bicyclic) bond motifs is 1. The van der Waals surface area contributed by atoms with Gasteiger partial charge < -0.3 is 15.0 Å². The van der Waals surface area contributed by atoms with Gasteiger partial charge in [0.05, 0.1) is 0 Å². The maximum absolute atomic E-state index is 12.0. The summed E-state index contributed by atoms with van der Waals surface area (Å²) in [5.74, 6) is 1.95. The monoisotopic (exact) mass is 310 g/mol. The zero-order valence-electron chi connectivity index (χ0n) is 14.7. The number of piperidine rings is 1. The first-order valence-electron chi connectivity index (χ1n) is 8.25. The van der Waals surface area contributed by atoms with E-state index in [9.17, 15) is 9.59 Å². The minimum atomic E-state index is -0.430. The molecule has 126 valence electrons. The van der Waals surface area contributed by atoms with Crippen molar-refractivity contribution in [1.29, 1.82) is 0 Å². The summed E-state index contributed by atoms with van der Waals surface area (Å²) < 4.78 is 5.41. The van der Waals surface area contributed by atoms with E-state index in [1.165, 1.54) is 0 Å². The number of carbonyl (C=O) groups is 2. The summed E-state index contributed by atoms with van der Waals surface area (Å²) in [7, 11) is 0. The minimum Gasteiger partial charge on any atom is -0.444 e. The van der Waals surface area contributed by atoms with Crippen molar-refractivity contribution in [3.05, 3.63) is 0 Å². The van der Waals surface area contributed by atoms with Gasteiger partial charge in [-0.05, 0) is 44.9 Å². The fourth-order valence-corrected chi connectivity index (χ4v) is 3.17. The third-order valence-electron chi connectivity index (χ3n) is 4.47. The first-order chi connectivity index (χ1) is 9.99. The van der Waals surface area contributed by atoms with Crippen molar-refractivity contribution in [2.24, 2.45) is 23.2 Å². The van der Waals surface area contributed by atoms with E-state index in [4.69, 9.17) is 4.74 Å². The van der Waals surface area contributed by atoms with Gasteiger partial charge in [-0.25, -0.2) is 4.79 Å². The quantitative estimate of drug-likeness (QED) is 0.872. The summed E-state index contributed by atoms with van der Waals surface area (Å²) in [6.07, 6.45) is 0.818. The van der Waals surface area contributed by atoms with E-state index in [1.54, 1.807) is 0 Å². The molecule has 1 saturated heterocycles. The van der Waals surface area contributed by atoms with Crippen molar-refractivity contribution in [2.45, 2.75) is 53.6 Å². The second-order valence-electron chi connectivity index (χ2n) is 8.67. The normalized spacial score (nSPS) is 27.4. The van der Waals surface area contributed by atoms with Gasteiger partial charge >= 0.3 is 6.09 Å². The number of hydrogen-bond donors (Lipinski definition) is 1. The highest BCUT2D eigenvalue weighted by atomic mass is 16.6. The zero-order chi connectivity index (χ0) is 16.7. The predicted molar refractivity (Wildman–Crippen MR) is 85.4 cm³/mol. The summed E-state index contributed by atoms with van der Waals surface area (Å²) in [5.41, 5.74) is -0.757. The molecular formula is C17H30N2O3. The van der Waals surface area contributed by atoms with Crippen LogP contribution >= 0.6 is 0 Å². The molecule has 2 fully saturated rings. The third kappa shape index (κ3) is 4.14. The third-order valence-corrected chi connectivity index (χ3v) is 4.47. The SMILES string of the molecule is CC(C)(C)OC(=O)N1CC2C(CCNC(=O)C(C)(C)C)C2C1. The van der Waals surface area contributed by atoms with Crippen molar-refractivity contribution in [3.63, 3.8) is 0 Å². The van der Waals surface area contributed by atoms with Crippen LogP contribution in [-0.4, -0.2) is 42.1 Å². The molecule has 0 radical (unpaired) electrons. The Balaban J connectivity index is 1.67. The molecule has 1 aliphatic carbocycles. The molecule has 2 rings (SSSR count). The molecule has 5 heteroatoms. The molecule has 2 atom stereocenters. The van der Waals surface area contributed by atoms with Crippen LogP contribution in [0.5, 0.6) is 0 Å². The van der Waals surface area contributed by atoms with E-state index in [-0.39, 0.29) is 17.4 Å². The molecule has 0 aromatic heterocycles. The summed E-state index contributed by atoms with van der Waals surface area (Å²) in [5, 5.41) is 3.00. The van der Waals surface area contributed by atoms with Crippen LogP contribution in [0, 0.1) is 23.2 Å². The van der Waals surface area contributed by atoms with Gasteiger partial charge in [-0.3, -0.25) is 4.79 Å². The van der Waals surface area contributed by atoms with Crippen LogP contribution < -0.4 is 5.32 Å². The molecule has 0 bridgehead atoms. The van der Waals surface area contributed by atoms with Crippen molar-refractivity contribution < 1.29 is 14.3 Å². The molecule has 1 saturated carbocycles. The molecule has 5 nitrogen and oxygen atoms in total. The van der Waals surface area contributed by atoms with E-state index in [0.717, 1.165) is 26.1 Å². The molecule has 0 aromatic rings. The fourth-order valence-electron chi connectivity index (χ4n) is 3.17. The van der Waals surface area contributed by atoms with Crippen LogP contribution in [0.25, 0.3) is 0 Å². The summed E-state index contributed by atoms with van der Waals surface area (Å²) in [6, 6.07) is 0. The Labute approximate surface area is 133 Å². The van der Waals surface area contributed by atoms with Crippen molar-refractivity contribution in [1.82, 2.24) is 10.2 Å². The standard InChI is InChI=1S/C17H30N2O3/c1-16(2,3)14(20)18-8-7-11-12-9-19(10-13(11)12)15(21)22-17(4,5)6/h11-13H,7-10H2,1-6H3,(H,18,20). The van der Waals surface area contributed by atoms with Crippen LogP contribution in [0.1, 0.15) is 48.0 Å². The van der Waals surface area contributed by atoms with Gasteiger partial charge in [0.1, 0.15) is 5.60 Å². The Morgan fingerprint density at radius 3 is 2.09 bits per heavy atom. The maximum atomic E-state index is 12.0. The number of likely N-dealkylation sites (tertiary alicyclic amines) is 1. The second kappa shape index (κ2) is 5.74. The van der Waals surface area contributed by atoms with Crippen LogP contribution in [0.2, 0.25) is 0 Å². The maximum Gasteiger partial charge on any atom is 0.410 e. The number of ether oxygens (including phenoxy) is 1. The second-order valence-corrected chi connectivity index (χ2v) is 8.67. The Bertz CT molecular complexity index is 436. The van der Waals surface area contributed by atoms with E-state index < -0.39 is 5.60 Å². The van der Waals surface area contributed by atoms with Crippen molar-refractivity contribution >= 4 is 12.0 Å². The van der Waals surface area contributed by atoms with Gasteiger partial charge in [-0.15, -0.1) is 0 Å². The highest BCUT2D eigenvalue weighted by Crippen LogP contribution is 2.53. The van der Waals surface area contributed by atoms with E-state index >= 15 is 0 Å². The van der Waals surface area contributed by atoms with Gasteiger partial charge in [-0.1, -0.05) is 20.8 Å². The number of amides is 2. The number of carbonyl (C=O) groups excluding carboxylic acids is 2. The molecular weight excluding hydrogens is 280 g/mol. The molecule has 2 amide bonds. The first-order valence-corrected chi connectivity index (χ1v) is 8.25. The molecule has 0 aromatic carbocycles. The molecule has 2 aliphatic rings. The fraction of sp³-hybridized carbons (Fsp3) is 0.882. The van der Waals surface area contributed by atoms with Gasteiger partial charge in [-0.2, -0.15) is 0 Å². The minimum absolute atomic E-state index is 0.105. The van der Waals surface area contributed by atoms with E-state index in [2.05, 4.69) is 5.32 Å². The Morgan fingerprint density at radius 1 is 1.09 bits per heavy atom. The smallest absolute Gasteiger partial charge is 0.410 e. The molecule has 0 spiro atoms. The van der Waals surface area contributed by atoms with Gasteiger partial charge in [0.15, 0.2) is 0 Å². The summed E-state index contributed by atoms with van der Waals surface area (Å²) in [4.78, 5) is 25.6. The lowest BCUT2D eigenvalue weighted by Gasteiger charge is -2.26. The summed E-state index contributed by atoms with van der Waals surface area (Å²) >= 11 is 0. The van der Waals surface area contributed by atoms with Gasteiger partial charge in [0.2, 0.25) is 5.91 Å². The largest absolute Gasteiger partial charge is 0.444 e. The summed E-state index contributed by atoms with van der Waals surface area (Å²) in [6.45, 7) is 13.8. The molecule has 1 N–H and O–H groups in total. The van der Waals surface area contributed by atoms with E-state index in [1.807, 2.05) is 46.4 Å². The predicted octanol–water partition coefficient (Wildman–Crippen LogP) is 2.65. The lowest BCUT2D eigenvalue weighted by atomic mass is 9.95. The highest BCUT2D eigenvalue weighted by molar-refractivity contribution is 5.81. The topological polar surface area (TPSA) is 58.6 Å². The van der Waals surface area contributed by atoms with Crippen molar-refractivity contribution in [3.8, 4) is 0 Å². The van der Waals surface area contributed by atoms with Crippen LogP contribution in [0.15, 0.2) is 0 Å². The lowest BCUT2D eigenvalue weighted by Crippen LogP contribution is -2.38. The lowest BCUT2D eigenvalue weighted by molar-refractivity contribution is -0.128. The number of nitrogens with one attached hydrogen (secondary N) is 1. The first kappa shape index (κ1) is 17.1. The number of nitrogens with zero attached hydrogens (tertiary/aromatic N) is 1. The molecule has 1 heterocycles. The van der Waals surface area contributed by atoms with Crippen LogP contribution in [0.3, 0.4) is 0 Å². The van der Waals surface area contributed by atoms with Crippen molar-refractivity contribution in [2.75, 3.05) is 19.6 Å². The number of rotatable bonds is 3. The molecule has 1 aliphatic heterocycles. The van der Waals surface area contributed by atoms with Gasteiger partial charge in [0.25, 0.3) is 0 Å². The van der Waals surface area contributed by atoms with E-state index in [0.29, 0.717) is 17.8 Å². The van der Waals surface area contributed by atoms with Crippen LogP contribution in [0.4, 0.5) is 4.79 Å². The van der Waals surface area contributed by atoms with Gasteiger partial charge in [0, 0.05) is 25.0 Å². The Morgan fingerprint density at radius 2 is 1.64 bits per heavy atom.